The van der Waals surface area contributed by atoms with Crippen LogP contribution in [0.1, 0.15) is 48.7 Å². The smallest absolute Gasteiger partial charge is 0.338 e. The average molecular weight is 609 g/mol. The molecule has 0 aliphatic carbocycles. The van der Waals surface area contributed by atoms with Crippen LogP contribution in [0.15, 0.2) is 81.0 Å². The summed E-state index contributed by atoms with van der Waals surface area (Å²) in [6, 6.07) is 16.3. The molecule has 2 aromatic carbocycles. The van der Waals surface area contributed by atoms with Crippen LogP contribution in [-0.4, -0.2) is 24.3 Å². The van der Waals surface area contributed by atoms with Crippen molar-refractivity contribution in [2.75, 3.05) is 13.7 Å². The van der Waals surface area contributed by atoms with Crippen molar-refractivity contribution < 1.29 is 19.0 Å². The molecular weight excluding hydrogens is 580 g/mol. The Balaban J connectivity index is 1.54. The molecule has 2 aromatic heterocycles. The van der Waals surface area contributed by atoms with Crippen LogP contribution in [0.25, 0.3) is 6.08 Å². The summed E-state index contributed by atoms with van der Waals surface area (Å²) in [6.45, 7) is 4.41. The largest absolute Gasteiger partial charge is 0.493 e. The first kappa shape index (κ1) is 28.9. The quantitative estimate of drug-likeness (QED) is 0.210. The maximum Gasteiger partial charge on any atom is 0.338 e. The SMILES string of the molecule is CCCC1=C(C(=O)OCC)C(c2cccs2)n2c(s/c(=C\c3ccc(OCc4ccc(Cl)cc4)c(OC)c3)c2=O)=N1. The normalized spacial score (nSPS) is 14.9. The zero-order valence-corrected chi connectivity index (χ0v) is 25.3. The molecular formula is C31H29ClN2O5S2. The summed E-state index contributed by atoms with van der Waals surface area (Å²) < 4.78 is 19.1. The molecule has 1 aliphatic heterocycles. The molecule has 1 atom stereocenters. The van der Waals surface area contributed by atoms with E-state index in [-0.39, 0.29) is 12.2 Å². The molecule has 4 aromatic rings. The molecule has 0 radical (unpaired) electrons. The van der Waals surface area contributed by atoms with Gasteiger partial charge in [-0.1, -0.05) is 60.5 Å². The van der Waals surface area contributed by atoms with Gasteiger partial charge in [-0.25, -0.2) is 9.79 Å². The summed E-state index contributed by atoms with van der Waals surface area (Å²) in [4.78, 5) is 33.3. The standard InChI is InChI=1S/C31H29ClN2O5S2/c1-4-7-22-27(30(36)38-5-2)28(25-8-6-15-40-25)34-29(35)26(41-31(34)33-22)17-20-11-14-23(24(16-20)37-3)39-18-19-9-12-21(32)13-10-19/h6,8-17,28H,4-5,7,18H2,1-3H3/b26-17-. The number of carbonyl (C=O) groups is 1. The fourth-order valence-electron chi connectivity index (χ4n) is 4.62. The average Bonchev–Trinajstić information content (AvgIpc) is 3.61. The molecule has 1 aliphatic rings. The summed E-state index contributed by atoms with van der Waals surface area (Å²) in [6.07, 6.45) is 3.23. The van der Waals surface area contributed by atoms with E-state index in [1.165, 1.54) is 22.7 Å². The van der Waals surface area contributed by atoms with Gasteiger partial charge in [0, 0.05) is 9.90 Å². The topological polar surface area (TPSA) is 79.1 Å². The lowest BCUT2D eigenvalue weighted by molar-refractivity contribution is -0.139. The van der Waals surface area contributed by atoms with E-state index >= 15 is 0 Å². The number of nitrogens with zero attached hydrogens (tertiary/aromatic N) is 2. The highest BCUT2D eigenvalue weighted by atomic mass is 35.5. The van der Waals surface area contributed by atoms with Gasteiger partial charge in [0.25, 0.3) is 5.56 Å². The lowest BCUT2D eigenvalue weighted by Gasteiger charge is -2.24. The third-order valence-electron chi connectivity index (χ3n) is 6.50. The van der Waals surface area contributed by atoms with Crippen LogP contribution in [-0.2, 0) is 16.1 Å². The van der Waals surface area contributed by atoms with Crippen LogP contribution in [0.3, 0.4) is 0 Å². The molecule has 0 spiro atoms. The van der Waals surface area contributed by atoms with Gasteiger partial charge < -0.3 is 14.2 Å². The van der Waals surface area contributed by atoms with Gasteiger partial charge in [-0.05, 0) is 66.3 Å². The number of hydrogen-bond donors (Lipinski definition) is 0. The Morgan fingerprint density at radius 2 is 1.93 bits per heavy atom. The van der Waals surface area contributed by atoms with E-state index in [0.717, 1.165) is 22.4 Å². The van der Waals surface area contributed by atoms with E-state index < -0.39 is 12.0 Å². The summed E-state index contributed by atoms with van der Waals surface area (Å²) in [5.41, 5.74) is 2.63. The van der Waals surface area contributed by atoms with Crippen molar-refractivity contribution in [3.8, 4) is 11.5 Å². The van der Waals surface area contributed by atoms with Gasteiger partial charge >= 0.3 is 5.97 Å². The Hall–Kier alpha value is -3.66. The van der Waals surface area contributed by atoms with Gasteiger partial charge in [-0.3, -0.25) is 9.36 Å². The number of hydrogen-bond acceptors (Lipinski definition) is 8. The lowest BCUT2D eigenvalue weighted by Crippen LogP contribution is -2.39. The Morgan fingerprint density at radius 3 is 2.61 bits per heavy atom. The number of carbonyl (C=O) groups excluding carboxylic acids is 1. The molecule has 0 fully saturated rings. The Morgan fingerprint density at radius 1 is 1.12 bits per heavy atom. The third kappa shape index (κ3) is 6.17. The van der Waals surface area contributed by atoms with Crippen molar-refractivity contribution in [1.29, 1.82) is 0 Å². The third-order valence-corrected chi connectivity index (χ3v) is 8.66. The first-order valence-corrected chi connectivity index (χ1v) is 15.3. The minimum absolute atomic E-state index is 0.216. The number of methoxy groups -OCH3 is 1. The molecule has 0 saturated heterocycles. The highest BCUT2D eigenvalue weighted by Gasteiger charge is 2.34. The Bertz CT molecular complexity index is 1760. The van der Waals surface area contributed by atoms with E-state index in [2.05, 4.69) is 0 Å². The lowest BCUT2D eigenvalue weighted by atomic mass is 9.99. The van der Waals surface area contributed by atoms with Gasteiger partial charge in [0.1, 0.15) is 12.6 Å². The number of rotatable bonds is 10. The minimum atomic E-state index is -0.591. The van der Waals surface area contributed by atoms with Crippen molar-refractivity contribution in [3.63, 3.8) is 0 Å². The van der Waals surface area contributed by atoms with Crippen LogP contribution in [0.4, 0.5) is 0 Å². The number of thiophene rings is 1. The molecule has 10 heteroatoms. The van der Waals surface area contributed by atoms with E-state index in [4.69, 9.17) is 30.8 Å². The number of ether oxygens (including phenoxy) is 3. The van der Waals surface area contributed by atoms with Crippen LogP contribution in [0.2, 0.25) is 5.02 Å². The van der Waals surface area contributed by atoms with Crippen LogP contribution in [0, 0.1) is 0 Å². The van der Waals surface area contributed by atoms with Crippen molar-refractivity contribution in [3.05, 3.63) is 112 Å². The predicted molar refractivity (Wildman–Crippen MR) is 163 cm³/mol. The predicted octanol–water partition coefficient (Wildman–Crippen LogP) is 5.88. The molecule has 0 saturated carbocycles. The second-order valence-electron chi connectivity index (χ2n) is 9.25. The highest BCUT2D eigenvalue weighted by molar-refractivity contribution is 7.10. The van der Waals surface area contributed by atoms with Gasteiger partial charge in [-0.15, -0.1) is 11.3 Å². The number of esters is 1. The number of aromatic nitrogens is 1. The zero-order valence-electron chi connectivity index (χ0n) is 22.9. The Kier molecular flexibility index (Phi) is 9.07. The van der Waals surface area contributed by atoms with Crippen molar-refractivity contribution >= 4 is 46.3 Å². The fraction of sp³-hybridized carbons (Fsp3) is 0.258. The van der Waals surface area contributed by atoms with Gasteiger partial charge in [0.2, 0.25) is 0 Å². The summed E-state index contributed by atoms with van der Waals surface area (Å²) >= 11 is 8.78. The second-order valence-corrected chi connectivity index (χ2v) is 11.7. The molecule has 3 heterocycles. The Labute approximate surface area is 250 Å². The summed E-state index contributed by atoms with van der Waals surface area (Å²) in [5.74, 6) is 0.695. The summed E-state index contributed by atoms with van der Waals surface area (Å²) in [7, 11) is 1.58. The zero-order chi connectivity index (χ0) is 28.9. The number of fused-ring (bicyclic) bond motifs is 1. The molecule has 0 N–H and O–H groups in total. The van der Waals surface area contributed by atoms with E-state index in [0.29, 0.717) is 50.2 Å². The second kappa shape index (κ2) is 12.9. The number of halogens is 1. The van der Waals surface area contributed by atoms with Gasteiger partial charge in [-0.2, -0.15) is 0 Å². The van der Waals surface area contributed by atoms with Crippen molar-refractivity contribution in [2.24, 2.45) is 4.99 Å². The molecule has 41 heavy (non-hydrogen) atoms. The van der Waals surface area contributed by atoms with Crippen molar-refractivity contribution in [1.82, 2.24) is 4.57 Å². The monoisotopic (exact) mass is 608 g/mol. The first-order valence-electron chi connectivity index (χ1n) is 13.2. The fourth-order valence-corrected chi connectivity index (χ4v) is 6.59. The molecule has 0 amide bonds. The minimum Gasteiger partial charge on any atom is -0.493 e. The van der Waals surface area contributed by atoms with E-state index in [1.807, 2.05) is 73.0 Å². The highest BCUT2D eigenvalue weighted by Crippen LogP contribution is 2.35. The number of benzene rings is 2. The summed E-state index contributed by atoms with van der Waals surface area (Å²) in [5, 5.41) is 2.61. The maximum absolute atomic E-state index is 13.9. The van der Waals surface area contributed by atoms with Gasteiger partial charge in [0.05, 0.1) is 29.5 Å². The first-order chi connectivity index (χ1) is 19.9. The molecule has 5 rings (SSSR count). The molecule has 212 valence electrons. The van der Waals surface area contributed by atoms with E-state index in [9.17, 15) is 9.59 Å². The van der Waals surface area contributed by atoms with Crippen LogP contribution in [0.5, 0.6) is 11.5 Å². The van der Waals surface area contributed by atoms with Crippen LogP contribution < -0.4 is 24.4 Å². The number of allylic oxidation sites excluding steroid dienone is 1. The molecule has 7 nitrogen and oxygen atoms in total. The van der Waals surface area contributed by atoms with Crippen molar-refractivity contribution in [2.45, 2.75) is 39.3 Å². The van der Waals surface area contributed by atoms with E-state index in [1.54, 1.807) is 18.6 Å². The van der Waals surface area contributed by atoms with Gasteiger partial charge in [0.15, 0.2) is 16.3 Å². The molecule has 0 bridgehead atoms. The molecule has 1 unspecified atom stereocenters. The van der Waals surface area contributed by atoms with Crippen LogP contribution >= 0.6 is 34.3 Å². The maximum atomic E-state index is 13.9. The number of thiazole rings is 1.